The summed E-state index contributed by atoms with van der Waals surface area (Å²) in [6.07, 6.45) is 32.9. The average molecular weight is 639 g/mol. The lowest BCUT2D eigenvalue weighted by molar-refractivity contribution is -0.870. The van der Waals surface area contributed by atoms with E-state index in [1.807, 2.05) is 27.2 Å². The first-order valence-electron chi connectivity index (χ1n) is 16.7. The zero-order valence-corrected chi connectivity index (χ0v) is 29.2. The molecule has 2 N–H and O–H groups in total. The lowest BCUT2D eigenvalue weighted by atomic mass is 10.1. The first-order chi connectivity index (χ1) is 21.0. The number of carbonyl (C=O) groups excluding carboxylic acids is 1. The summed E-state index contributed by atoms with van der Waals surface area (Å²) in [7, 11) is 1.21. The van der Waals surface area contributed by atoms with Gasteiger partial charge in [0.15, 0.2) is 0 Å². The second-order valence-corrected chi connectivity index (χ2v) is 13.5. The number of aliphatic hydroxyl groups is 1. The van der Waals surface area contributed by atoms with Crippen molar-refractivity contribution < 1.29 is 32.9 Å². The van der Waals surface area contributed by atoms with E-state index in [4.69, 9.17) is 9.05 Å². The molecule has 0 aliphatic rings. The van der Waals surface area contributed by atoms with E-state index in [0.29, 0.717) is 17.4 Å². The van der Waals surface area contributed by atoms with Crippen LogP contribution in [0.1, 0.15) is 104 Å². The van der Waals surface area contributed by atoms with E-state index in [9.17, 15) is 19.4 Å². The van der Waals surface area contributed by atoms with Crippen LogP contribution in [0, 0.1) is 0 Å². The summed E-state index contributed by atoms with van der Waals surface area (Å²) < 4.78 is 22.9. The fourth-order valence-electron chi connectivity index (χ4n) is 4.01. The first kappa shape index (κ1) is 42.2. The van der Waals surface area contributed by atoms with Gasteiger partial charge < -0.3 is 28.8 Å². The van der Waals surface area contributed by atoms with E-state index < -0.39 is 26.6 Å². The first-order valence-corrected chi connectivity index (χ1v) is 18.1. The molecule has 254 valence electrons. The Morgan fingerprint density at radius 3 is 2.09 bits per heavy atom. The number of amides is 1. The van der Waals surface area contributed by atoms with Gasteiger partial charge >= 0.3 is 0 Å². The van der Waals surface area contributed by atoms with Crippen LogP contribution in [0.4, 0.5) is 0 Å². The summed E-state index contributed by atoms with van der Waals surface area (Å²) in [6, 6.07) is -0.909. The summed E-state index contributed by atoms with van der Waals surface area (Å²) in [5.74, 6) is -0.235. The minimum absolute atomic E-state index is 0.0138. The second-order valence-electron chi connectivity index (χ2n) is 12.1. The van der Waals surface area contributed by atoms with Gasteiger partial charge in [-0.15, -0.1) is 0 Å². The Balaban J connectivity index is 4.57. The van der Waals surface area contributed by atoms with Crippen molar-refractivity contribution in [3.05, 3.63) is 60.8 Å². The van der Waals surface area contributed by atoms with Crippen molar-refractivity contribution in [3.63, 3.8) is 0 Å². The number of hydrogen-bond donors (Lipinski definition) is 2. The van der Waals surface area contributed by atoms with Gasteiger partial charge in [-0.1, -0.05) is 100 Å². The highest BCUT2D eigenvalue weighted by molar-refractivity contribution is 7.45. The highest BCUT2D eigenvalue weighted by Crippen LogP contribution is 2.38. The topological polar surface area (TPSA) is 108 Å². The monoisotopic (exact) mass is 638 g/mol. The van der Waals surface area contributed by atoms with Gasteiger partial charge in [0, 0.05) is 6.42 Å². The lowest BCUT2D eigenvalue weighted by Gasteiger charge is -2.29. The number of unbranched alkanes of at least 4 members (excludes halogenated alkanes) is 7. The van der Waals surface area contributed by atoms with Crippen LogP contribution in [0.2, 0.25) is 0 Å². The maximum Gasteiger partial charge on any atom is 0.268 e. The number of nitrogens with zero attached hydrogens (tertiary/aromatic N) is 1. The molecule has 0 saturated heterocycles. The number of carbonyl (C=O) groups is 1. The average Bonchev–Trinajstić information content (AvgIpc) is 2.95. The molecule has 8 nitrogen and oxygen atoms in total. The van der Waals surface area contributed by atoms with Gasteiger partial charge in [-0.3, -0.25) is 9.36 Å². The van der Waals surface area contributed by atoms with Crippen LogP contribution in [-0.4, -0.2) is 68.5 Å². The Morgan fingerprint density at radius 2 is 1.41 bits per heavy atom. The molecule has 0 aromatic heterocycles. The Bertz CT molecular complexity index is 907. The minimum Gasteiger partial charge on any atom is -0.756 e. The van der Waals surface area contributed by atoms with Gasteiger partial charge in [-0.2, -0.15) is 0 Å². The van der Waals surface area contributed by atoms with Gasteiger partial charge in [0.05, 0.1) is 39.9 Å². The van der Waals surface area contributed by atoms with E-state index in [-0.39, 0.29) is 12.5 Å². The highest BCUT2D eigenvalue weighted by atomic mass is 31.2. The van der Waals surface area contributed by atoms with E-state index >= 15 is 0 Å². The number of hydrogen-bond acceptors (Lipinski definition) is 6. The lowest BCUT2D eigenvalue weighted by Crippen LogP contribution is -2.45. The standard InChI is InChI=1S/C35H63N2O6P/c1-6-8-10-12-14-15-16-17-18-19-20-21-23-25-27-29-35(39)36-33(34(38)28-26-24-22-13-11-9-7-2)32-43-44(40,41)42-31-30-37(3,4)5/h8,10-11,13-15,17-18,26,28,33-34,38H,6-7,9,12,16,19-25,27,29-32H2,1-5H3,(H-,36,39,40,41)/b10-8-,13-11+,15-14-,18-17-,28-26+. The molecule has 1 amide bonds. The predicted octanol–water partition coefficient (Wildman–Crippen LogP) is 7.32. The van der Waals surface area contributed by atoms with E-state index in [1.165, 1.54) is 0 Å². The van der Waals surface area contributed by atoms with Gasteiger partial charge in [-0.25, -0.2) is 0 Å². The summed E-state index contributed by atoms with van der Waals surface area (Å²) in [4.78, 5) is 25.0. The molecule has 0 rings (SSSR count). The summed E-state index contributed by atoms with van der Waals surface area (Å²) in [6.45, 7) is 4.33. The maximum absolute atomic E-state index is 12.7. The van der Waals surface area contributed by atoms with E-state index in [0.717, 1.165) is 83.5 Å². The fraction of sp³-hybridized carbons (Fsp3) is 0.686. The third-order valence-electron chi connectivity index (χ3n) is 6.69. The highest BCUT2D eigenvalue weighted by Gasteiger charge is 2.23. The molecule has 9 heteroatoms. The number of aliphatic hydroxyl groups excluding tert-OH is 1. The molecule has 0 heterocycles. The van der Waals surface area contributed by atoms with Crippen LogP contribution >= 0.6 is 7.82 Å². The molecule has 3 atom stereocenters. The number of allylic oxidation sites excluding steroid dienone is 9. The summed E-state index contributed by atoms with van der Waals surface area (Å²) >= 11 is 0. The number of likely N-dealkylation sites (N-methyl/N-ethyl adjacent to an activating group) is 1. The number of nitrogens with one attached hydrogen (secondary N) is 1. The third kappa shape index (κ3) is 28.9. The zero-order valence-electron chi connectivity index (χ0n) is 28.3. The van der Waals surface area contributed by atoms with Crippen molar-refractivity contribution in [3.8, 4) is 0 Å². The van der Waals surface area contributed by atoms with E-state index in [2.05, 4.69) is 67.8 Å². The van der Waals surface area contributed by atoms with Crippen molar-refractivity contribution in [2.24, 2.45) is 0 Å². The van der Waals surface area contributed by atoms with Crippen molar-refractivity contribution in [1.82, 2.24) is 5.32 Å². The molecule has 0 saturated carbocycles. The molecule has 0 fully saturated rings. The predicted molar refractivity (Wildman–Crippen MR) is 182 cm³/mol. The molecule has 0 aromatic carbocycles. The quantitative estimate of drug-likeness (QED) is 0.0402. The molecule has 0 radical (unpaired) electrons. The molecular formula is C35H63N2O6P. The molecular weight excluding hydrogens is 575 g/mol. The second kappa shape index (κ2) is 27.5. The van der Waals surface area contributed by atoms with Crippen LogP contribution in [-0.2, 0) is 18.4 Å². The normalized spacial score (nSPS) is 15.7. The molecule has 0 aliphatic heterocycles. The Hall–Kier alpha value is -1.80. The van der Waals surface area contributed by atoms with Crippen molar-refractivity contribution in [1.29, 1.82) is 0 Å². The number of phosphoric ester groups is 1. The number of phosphoric acid groups is 1. The molecule has 0 aliphatic carbocycles. The van der Waals surface area contributed by atoms with Crippen LogP contribution in [0.5, 0.6) is 0 Å². The van der Waals surface area contributed by atoms with Crippen molar-refractivity contribution >= 4 is 13.7 Å². The van der Waals surface area contributed by atoms with Crippen molar-refractivity contribution in [2.75, 3.05) is 40.9 Å². The van der Waals surface area contributed by atoms with Gasteiger partial charge in [0.25, 0.3) is 7.82 Å². The molecule has 0 aromatic rings. The SMILES string of the molecule is CC/C=C\C/C=C\C/C=C\CCCCCCCC(=O)NC(COP(=O)([O-])OCC[N+](C)(C)C)C(O)/C=C/CC/C=C/CCC. The Morgan fingerprint density at radius 1 is 0.818 bits per heavy atom. The minimum atomic E-state index is -4.58. The summed E-state index contributed by atoms with van der Waals surface area (Å²) in [5.41, 5.74) is 0. The third-order valence-corrected chi connectivity index (χ3v) is 7.66. The fourth-order valence-corrected chi connectivity index (χ4v) is 4.73. The van der Waals surface area contributed by atoms with Gasteiger partial charge in [0.2, 0.25) is 5.91 Å². The number of quaternary nitrogens is 1. The van der Waals surface area contributed by atoms with Gasteiger partial charge in [0.1, 0.15) is 13.2 Å². The summed E-state index contributed by atoms with van der Waals surface area (Å²) in [5, 5.41) is 13.5. The maximum atomic E-state index is 12.7. The van der Waals surface area contributed by atoms with Gasteiger partial charge in [-0.05, 0) is 57.8 Å². The smallest absolute Gasteiger partial charge is 0.268 e. The molecule has 0 bridgehead atoms. The van der Waals surface area contributed by atoms with E-state index in [1.54, 1.807) is 6.08 Å². The largest absolute Gasteiger partial charge is 0.756 e. The number of rotatable bonds is 28. The van der Waals surface area contributed by atoms with Crippen LogP contribution < -0.4 is 10.2 Å². The molecule has 0 spiro atoms. The molecule has 44 heavy (non-hydrogen) atoms. The van der Waals surface area contributed by atoms with Crippen molar-refractivity contribution in [2.45, 2.75) is 116 Å². The Labute approximate surface area is 269 Å². The van der Waals surface area contributed by atoms with Crippen LogP contribution in [0.3, 0.4) is 0 Å². The Kier molecular flexibility index (Phi) is 26.4. The molecule has 3 unspecified atom stereocenters. The van der Waals surface area contributed by atoms with Crippen LogP contribution in [0.15, 0.2) is 60.8 Å². The zero-order chi connectivity index (χ0) is 32.9. The van der Waals surface area contributed by atoms with Crippen LogP contribution in [0.25, 0.3) is 0 Å².